The fraction of sp³-hybridized carbons (Fsp3) is 0.364. The van der Waals surface area contributed by atoms with Crippen LogP contribution in [0.5, 0.6) is 0 Å². The Morgan fingerprint density at radius 3 is 2.38 bits per heavy atom. The van der Waals surface area contributed by atoms with Gasteiger partial charge in [-0.1, -0.05) is 28.1 Å². The lowest BCUT2D eigenvalue weighted by Gasteiger charge is -2.06. The van der Waals surface area contributed by atoms with Gasteiger partial charge >= 0.3 is 0 Å². The maximum atomic E-state index is 9.00. The molecule has 1 nitrogen and oxygen atoms in total. The average Bonchev–Trinajstić information content (AvgIpc) is 2.93. The summed E-state index contributed by atoms with van der Waals surface area (Å²) >= 11 is 3.39. The molecule has 1 aromatic carbocycles. The molecule has 0 saturated heterocycles. The van der Waals surface area contributed by atoms with Crippen LogP contribution in [0, 0.1) is 17.2 Å². The Labute approximate surface area is 86.5 Å². The zero-order valence-corrected chi connectivity index (χ0v) is 8.79. The molecule has 0 N–H and O–H groups in total. The normalized spacial score (nSPS) is 17.8. The largest absolute Gasteiger partial charge is 0.198 e. The fourth-order valence-electron chi connectivity index (χ4n) is 1.55. The fourth-order valence-corrected chi connectivity index (χ4v) is 1.82. The number of nitrogens with zero attached hydrogens (tertiary/aromatic N) is 1. The van der Waals surface area contributed by atoms with Crippen molar-refractivity contribution < 1.29 is 0 Å². The van der Waals surface area contributed by atoms with Crippen LogP contribution in [0.25, 0.3) is 0 Å². The quantitative estimate of drug-likeness (QED) is 0.771. The molecule has 13 heavy (non-hydrogen) atoms. The van der Waals surface area contributed by atoms with E-state index in [0.29, 0.717) is 5.92 Å². The topological polar surface area (TPSA) is 23.8 Å². The minimum absolute atomic E-state index is 0.119. The summed E-state index contributed by atoms with van der Waals surface area (Å²) in [5, 5.41) is 9.00. The number of nitriles is 1. The van der Waals surface area contributed by atoms with E-state index in [1.165, 1.54) is 12.8 Å². The molecular formula is C11H10BrN. The second kappa shape index (κ2) is 3.51. The van der Waals surface area contributed by atoms with E-state index in [2.05, 4.69) is 22.0 Å². The Morgan fingerprint density at radius 2 is 1.92 bits per heavy atom. The highest BCUT2D eigenvalue weighted by atomic mass is 79.9. The molecule has 1 aromatic rings. The van der Waals surface area contributed by atoms with Crippen molar-refractivity contribution in [3.05, 3.63) is 34.3 Å². The maximum absolute atomic E-state index is 9.00. The third kappa shape index (κ3) is 1.92. The smallest absolute Gasteiger partial charge is 0.0740 e. The van der Waals surface area contributed by atoms with Gasteiger partial charge in [0.05, 0.1) is 12.0 Å². The lowest BCUT2D eigenvalue weighted by molar-refractivity contribution is 0.740. The molecule has 1 saturated carbocycles. The summed E-state index contributed by atoms with van der Waals surface area (Å²) in [5.74, 6) is 0.735. The van der Waals surface area contributed by atoms with Crippen molar-refractivity contribution in [3.8, 4) is 6.07 Å². The van der Waals surface area contributed by atoms with Gasteiger partial charge in [-0.3, -0.25) is 0 Å². The molecule has 0 aromatic heterocycles. The van der Waals surface area contributed by atoms with Crippen LogP contribution in [-0.4, -0.2) is 0 Å². The summed E-state index contributed by atoms with van der Waals surface area (Å²) in [6, 6.07) is 10.5. The van der Waals surface area contributed by atoms with Gasteiger partial charge in [-0.25, -0.2) is 0 Å². The van der Waals surface area contributed by atoms with Crippen molar-refractivity contribution in [3.63, 3.8) is 0 Å². The van der Waals surface area contributed by atoms with Crippen LogP contribution in [-0.2, 0) is 0 Å². The number of benzene rings is 1. The monoisotopic (exact) mass is 235 g/mol. The SMILES string of the molecule is N#CC(c1ccc(Br)cc1)C1CC1. The highest BCUT2D eigenvalue weighted by Gasteiger charge is 2.32. The van der Waals surface area contributed by atoms with Crippen molar-refractivity contribution in [1.82, 2.24) is 0 Å². The highest BCUT2D eigenvalue weighted by molar-refractivity contribution is 9.10. The van der Waals surface area contributed by atoms with Gasteiger partial charge in [-0.05, 0) is 36.5 Å². The van der Waals surface area contributed by atoms with Crippen LogP contribution < -0.4 is 0 Å². The lowest BCUT2D eigenvalue weighted by Crippen LogP contribution is -1.97. The van der Waals surface area contributed by atoms with Crippen LogP contribution in [0.1, 0.15) is 24.3 Å². The van der Waals surface area contributed by atoms with Crippen LogP contribution in [0.15, 0.2) is 28.7 Å². The zero-order valence-electron chi connectivity index (χ0n) is 7.20. The summed E-state index contributed by atoms with van der Waals surface area (Å²) < 4.78 is 1.07. The van der Waals surface area contributed by atoms with Gasteiger partial charge in [-0.15, -0.1) is 0 Å². The van der Waals surface area contributed by atoms with Crippen molar-refractivity contribution in [2.24, 2.45) is 5.92 Å². The van der Waals surface area contributed by atoms with E-state index in [1.54, 1.807) is 0 Å². The van der Waals surface area contributed by atoms with Gasteiger partial charge < -0.3 is 0 Å². The second-order valence-electron chi connectivity index (χ2n) is 3.50. The molecule has 1 unspecified atom stereocenters. The number of hydrogen-bond donors (Lipinski definition) is 0. The van der Waals surface area contributed by atoms with Crippen LogP contribution in [0.2, 0.25) is 0 Å². The molecule has 1 aliphatic carbocycles. The van der Waals surface area contributed by atoms with Gasteiger partial charge in [0.1, 0.15) is 0 Å². The summed E-state index contributed by atoms with van der Waals surface area (Å²) in [4.78, 5) is 0. The van der Waals surface area contributed by atoms with Gasteiger partial charge in [0, 0.05) is 4.47 Å². The minimum atomic E-state index is 0.119. The number of halogens is 1. The Hall–Kier alpha value is -0.810. The minimum Gasteiger partial charge on any atom is -0.198 e. The second-order valence-corrected chi connectivity index (χ2v) is 4.41. The first-order valence-electron chi connectivity index (χ1n) is 4.46. The molecule has 0 amide bonds. The lowest BCUT2D eigenvalue weighted by atomic mass is 9.96. The molecule has 2 rings (SSSR count). The molecule has 1 aliphatic rings. The predicted octanol–water partition coefficient (Wildman–Crippen LogP) is 3.47. The highest BCUT2D eigenvalue weighted by Crippen LogP contribution is 2.42. The first kappa shape index (κ1) is 8.77. The van der Waals surface area contributed by atoms with E-state index in [9.17, 15) is 0 Å². The molecule has 66 valence electrons. The number of hydrogen-bond acceptors (Lipinski definition) is 1. The first-order valence-corrected chi connectivity index (χ1v) is 5.25. The van der Waals surface area contributed by atoms with Gasteiger partial charge in [0.15, 0.2) is 0 Å². The van der Waals surface area contributed by atoms with Crippen molar-refractivity contribution in [2.75, 3.05) is 0 Å². The molecule has 0 bridgehead atoms. The van der Waals surface area contributed by atoms with E-state index >= 15 is 0 Å². The maximum Gasteiger partial charge on any atom is 0.0740 e. The van der Waals surface area contributed by atoms with Gasteiger partial charge in [0.2, 0.25) is 0 Å². The van der Waals surface area contributed by atoms with Crippen LogP contribution >= 0.6 is 15.9 Å². The van der Waals surface area contributed by atoms with E-state index < -0.39 is 0 Å². The summed E-state index contributed by atoms with van der Waals surface area (Å²) in [6.45, 7) is 0. The Kier molecular flexibility index (Phi) is 2.37. The number of rotatable bonds is 2. The van der Waals surface area contributed by atoms with E-state index in [0.717, 1.165) is 10.0 Å². The predicted molar refractivity (Wildman–Crippen MR) is 55.2 cm³/mol. The molecule has 0 spiro atoms. The third-order valence-electron chi connectivity index (χ3n) is 2.46. The van der Waals surface area contributed by atoms with E-state index in [1.807, 2.05) is 24.3 Å². The van der Waals surface area contributed by atoms with E-state index in [4.69, 9.17) is 5.26 Å². The molecule has 0 heterocycles. The zero-order chi connectivity index (χ0) is 9.26. The third-order valence-corrected chi connectivity index (χ3v) is 2.99. The first-order chi connectivity index (χ1) is 6.31. The molecule has 0 radical (unpaired) electrons. The van der Waals surface area contributed by atoms with E-state index in [-0.39, 0.29) is 5.92 Å². The van der Waals surface area contributed by atoms with Crippen LogP contribution in [0.3, 0.4) is 0 Å². The Morgan fingerprint density at radius 1 is 1.31 bits per heavy atom. The molecule has 1 fully saturated rings. The van der Waals surface area contributed by atoms with Gasteiger partial charge in [-0.2, -0.15) is 5.26 Å². The average molecular weight is 236 g/mol. The standard InChI is InChI=1S/C11H10BrN/c12-10-5-3-9(4-6-10)11(7-13)8-1-2-8/h3-6,8,11H,1-2H2. The Balaban J connectivity index is 2.23. The van der Waals surface area contributed by atoms with Crippen molar-refractivity contribution in [2.45, 2.75) is 18.8 Å². The summed E-state index contributed by atoms with van der Waals surface area (Å²) in [7, 11) is 0. The van der Waals surface area contributed by atoms with Crippen LogP contribution in [0.4, 0.5) is 0 Å². The van der Waals surface area contributed by atoms with Crippen molar-refractivity contribution in [1.29, 1.82) is 5.26 Å². The Bertz CT molecular complexity index is 332. The summed E-state index contributed by atoms with van der Waals surface area (Å²) in [5.41, 5.74) is 1.16. The molecular weight excluding hydrogens is 226 g/mol. The molecule has 1 atom stereocenters. The molecule has 0 aliphatic heterocycles. The van der Waals surface area contributed by atoms with Gasteiger partial charge in [0.25, 0.3) is 0 Å². The molecule has 2 heteroatoms. The van der Waals surface area contributed by atoms with Crippen molar-refractivity contribution >= 4 is 15.9 Å². The summed E-state index contributed by atoms with van der Waals surface area (Å²) in [6.07, 6.45) is 2.43.